The van der Waals surface area contributed by atoms with Gasteiger partial charge in [-0.1, -0.05) is 12.1 Å². The highest BCUT2D eigenvalue weighted by Crippen LogP contribution is 2.44. The van der Waals surface area contributed by atoms with Crippen molar-refractivity contribution in [1.82, 2.24) is 9.55 Å². The Morgan fingerprint density at radius 2 is 1.63 bits per heavy atom. The molecule has 1 aromatic carbocycles. The first-order chi connectivity index (χ1) is 12.7. The third-order valence-electron chi connectivity index (χ3n) is 5.09. The fourth-order valence-electron chi connectivity index (χ4n) is 4.08. The SMILES string of the molecule is CC1(C)O[C@@H]2O[C@H](C(=O)n3cnc4ccccc43)[C@@H]3OC(C)(C)O[C@@H]3[C@@H]2O1. The number of nitrogens with zero attached hydrogens (tertiary/aromatic N) is 2. The number of benzene rings is 1. The van der Waals surface area contributed by atoms with Gasteiger partial charge in [0.15, 0.2) is 24.0 Å². The minimum atomic E-state index is -0.895. The van der Waals surface area contributed by atoms with Gasteiger partial charge in [-0.25, -0.2) is 4.98 Å². The van der Waals surface area contributed by atoms with Crippen LogP contribution in [-0.2, 0) is 23.7 Å². The first-order valence-corrected chi connectivity index (χ1v) is 9.07. The molecule has 0 saturated carbocycles. The van der Waals surface area contributed by atoms with Crippen molar-refractivity contribution < 1.29 is 28.5 Å². The van der Waals surface area contributed by atoms with Crippen LogP contribution < -0.4 is 0 Å². The summed E-state index contributed by atoms with van der Waals surface area (Å²) < 4.78 is 31.5. The maximum absolute atomic E-state index is 13.3. The van der Waals surface area contributed by atoms with Gasteiger partial charge in [0.2, 0.25) is 0 Å². The molecule has 0 amide bonds. The van der Waals surface area contributed by atoms with E-state index in [0.717, 1.165) is 5.52 Å². The number of carbonyl (C=O) groups is 1. The number of rotatable bonds is 1. The molecular weight excluding hydrogens is 352 g/mol. The van der Waals surface area contributed by atoms with E-state index in [9.17, 15) is 4.79 Å². The van der Waals surface area contributed by atoms with Crippen molar-refractivity contribution in [3.63, 3.8) is 0 Å². The molecule has 3 fully saturated rings. The Labute approximate surface area is 156 Å². The third kappa shape index (κ3) is 2.71. The molecule has 3 aliphatic rings. The summed E-state index contributed by atoms with van der Waals surface area (Å²) in [6, 6.07) is 7.44. The number of aromatic nitrogens is 2. The predicted molar refractivity (Wildman–Crippen MR) is 92.9 cm³/mol. The maximum atomic E-state index is 13.3. The molecule has 0 bridgehead atoms. The van der Waals surface area contributed by atoms with Crippen molar-refractivity contribution in [3.05, 3.63) is 30.6 Å². The number of hydrogen-bond acceptors (Lipinski definition) is 7. The van der Waals surface area contributed by atoms with Crippen LogP contribution in [-0.4, -0.2) is 57.7 Å². The van der Waals surface area contributed by atoms with Crippen LogP contribution in [0, 0.1) is 0 Å². The smallest absolute Gasteiger partial charge is 0.264 e. The van der Waals surface area contributed by atoms with Crippen LogP contribution in [0.4, 0.5) is 0 Å². The number of imidazole rings is 1. The number of hydrogen-bond donors (Lipinski definition) is 0. The van der Waals surface area contributed by atoms with E-state index in [0.29, 0.717) is 5.52 Å². The molecule has 1 aromatic heterocycles. The van der Waals surface area contributed by atoms with E-state index in [2.05, 4.69) is 4.98 Å². The average molecular weight is 374 g/mol. The molecule has 3 saturated heterocycles. The summed E-state index contributed by atoms with van der Waals surface area (Å²) >= 11 is 0. The number of para-hydroxylation sites is 2. The Morgan fingerprint density at radius 1 is 0.963 bits per heavy atom. The molecule has 5 rings (SSSR count). The van der Waals surface area contributed by atoms with E-state index >= 15 is 0 Å². The maximum Gasteiger partial charge on any atom is 0.264 e. The second-order valence-electron chi connectivity index (χ2n) is 8.03. The highest BCUT2D eigenvalue weighted by Gasteiger charge is 2.62. The summed E-state index contributed by atoms with van der Waals surface area (Å²) in [5.74, 6) is -1.94. The van der Waals surface area contributed by atoms with Crippen molar-refractivity contribution in [2.24, 2.45) is 0 Å². The Morgan fingerprint density at radius 3 is 2.44 bits per heavy atom. The van der Waals surface area contributed by atoms with Gasteiger partial charge in [0.05, 0.1) is 11.0 Å². The standard InChI is InChI=1S/C19H22N2O6/c1-18(2)24-12-13(25-18)15-17(27-19(3,4)26-15)23-14(12)16(22)21-9-20-10-7-5-6-8-11(10)21/h5-9,12-15,17H,1-4H3/t12-,13+,14+,15+,17+/m1/s1. The fourth-order valence-corrected chi connectivity index (χ4v) is 4.08. The summed E-state index contributed by atoms with van der Waals surface area (Å²) in [7, 11) is 0. The molecule has 3 aliphatic heterocycles. The zero-order chi connectivity index (χ0) is 19.0. The van der Waals surface area contributed by atoms with E-state index in [1.54, 1.807) is 0 Å². The molecule has 27 heavy (non-hydrogen) atoms. The lowest BCUT2D eigenvalue weighted by molar-refractivity contribution is -0.222. The molecule has 4 heterocycles. The molecule has 0 N–H and O–H groups in total. The normalized spacial score (nSPS) is 36.5. The van der Waals surface area contributed by atoms with Gasteiger partial charge in [0.25, 0.3) is 5.91 Å². The van der Waals surface area contributed by atoms with Crippen LogP contribution in [0.1, 0.15) is 32.5 Å². The van der Waals surface area contributed by atoms with E-state index < -0.39 is 42.3 Å². The van der Waals surface area contributed by atoms with Gasteiger partial charge in [0.1, 0.15) is 24.6 Å². The summed E-state index contributed by atoms with van der Waals surface area (Å²) in [6.45, 7) is 7.25. The van der Waals surface area contributed by atoms with Crippen molar-refractivity contribution in [1.29, 1.82) is 0 Å². The first-order valence-electron chi connectivity index (χ1n) is 9.07. The molecule has 8 nitrogen and oxygen atoms in total. The zero-order valence-electron chi connectivity index (χ0n) is 15.6. The van der Waals surface area contributed by atoms with Crippen LogP contribution in [0.2, 0.25) is 0 Å². The number of carbonyl (C=O) groups excluding carboxylic acids is 1. The molecule has 0 spiro atoms. The lowest BCUT2D eigenvalue weighted by atomic mass is 9.98. The minimum absolute atomic E-state index is 0.272. The van der Waals surface area contributed by atoms with E-state index in [1.165, 1.54) is 10.9 Å². The first kappa shape index (κ1) is 17.3. The van der Waals surface area contributed by atoms with E-state index in [4.69, 9.17) is 23.7 Å². The van der Waals surface area contributed by atoms with Gasteiger partial charge in [-0.3, -0.25) is 9.36 Å². The van der Waals surface area contributed by atoms with E-state index in [-0.39, 0.29) is 5.91 Å². The Hall–Kier alpha value is -1.84. The Balaban J connectivity index is 1.52. The third-order valence-corrected chi connectivity index (χ3v) is 5.09. The van der Waals surface area contributed by atoms with Gasteiger partial charge >= 0.3 is 0 Å². The Bertz CT molecular complexity index is 906. The quantitative estimate of drug-likeness (QED) is 0.756. The van der Waals surface area contributed by atoms with Gasteiger partial charge in [0, 0.05) is 0 Å². The second-order valence-corrected chi connectivity index (χ2v) is 8.03. The highest BCUT2D eigenvalue weighted by molar-refractivity contribution is 5.93. The van der Waals surface area contributed by atoms with Gasteiger partial charge in [-0.05, 0) is 39.8 Å². The molecule has 2 aromatic rings. The molecule has 8 heteroatoms. The van der Waals surface area contributed by atoms with Crippen molar-refractivity contribution >= 4 is 16.9 Å². The molecule has 0 radical (unpaired) electrons. The minimum Gasteiger partial charge on any atom is -0.342 e. The van der Waals surface area contributed by atoms with Crippen molar-refractivity contribution in [3.8, 4) is 0 Å². The fraction of sp³-hybridized carbons (Fsp3) is 0.579. The van der Waals surface area contributed by atoms with Crippen molar-refractivity contribution in [2.75, 3.05) is 0 Å². The van der Waals surface area contributed by atoms with Crippen LogP contribution in [0.5, 0.6) is 0 Å². The van der Waals surface area contributed by atoms with E-state index in [1.807, 2.05) is 52.0 Å². The summed E-state index contributed by atoms with van der Waals surface area (Å²) in [5, 5.41) is 0. The Kier molecular flexibility index (Phi) is 3.57. The van der Waals surface area contributed by atoms with Crippen LogP contribution in [0.3, 0.4) is 0 Å². The largest absolute Gasteiger partial charge is 0.342 e. The summed E-state index contributed by atoms with van der Waals surface area (Å²) in [5.41, 5.74) is 1.45. The number of fused-ring (bicyclic) bond motifs is 4. The van der Waals surface area contributed by atoms with Crippen LogP contribution in [0.25, 0.3) is 11.0 Å². The number of ether oxygens (including phenoxy) is 5. The molecule has 5 atom stereocenters. The molecule has 0 unspecified atom stereocenters. The lowest BCUT2D eigenvalue weighted by Gasteiger charge is -2.36. The molecule has 0 aliphatic carbocycles. The lowest BCUT2D eigenvalue weighted by Crippen LogP contribution is -2.58. The summed E-state index contributed by atoms with van der Waals surface area (Å²) in [6.07, 6.45) is -1.63. The van der Waals surface area contributed by atoms with Crippen LogP contribution in [0.15, 0.2) is 30.6 Å². The average Bonchev–Trinajstić information content (AvgIpc) is 3.24. The molecule has 144 valence electrons. The van der Waals surface area contributed by atoms with Gasteiger partial charge in [-0.2, -0.15) is 0 Å². The zero-order valence-corrected chi connectivity index (χ0v) is 15.6. The second kappa shape index (κ2) is 5.59. The topological polar surface area (TPSA) is 81.0 Å². The van der Waals surface area contributed by atoms with Crippen LogP contribution >= 0.6 is 0 Å². The monoisotopic (exact) mass is 374 g/mol. The van der Waals surface area contributed by atoms with Crippen molar-refractivity contribution in [2.45, 2.75) is 70.0 Å². The molecular formula is C19H22N2O6. The predicted octanol–water partition coefficient (Wildman–Crippen LogP) is 2.07. The van der Waals surface area contributed by atoms with Gasteiger partial charge < -0.3 is 23.7 Å². The summed E-state index contributed by atoms with van der Waals surface area (Å²) in [4.78, 5) is 17.6. The van der Waals surface area contributed by atoms with Gasteiger partial charge in [-0.15, -0.1) is 0 Å². The highest BCUT2D eigenvalue weighted by atomic mass is 16.9.